The van der Waals surface area contributed by atoms with E-state index < -0.39 is 0 Å². The maximum Gasteiger partial charge on any atom is 0.0782 e. The van der Waals surface area contributed by atoms with E-state index in [1.165, 1.54) is 80.5 Å². The lowest BCUT2D eigenvalue weighted by Crippen LogP contribution is -2.11. The fraction of sp³-hybridized carbons (Fsp3) is 0. The molecular weight excluding hydrogens is 637 g/mol. The molecule has 0 saturated carbocycles. The highest BCUT2D eigenvalue weighted by Crippen LogP contribution is 2.47. The third kappa shape index (κ3) is 4.29. The molecule has 3 heteroatoms. The van der Waals surface area contributed by atoms with E-state index in [1.54, 1.807) is 0 Å². The monoisotopic (exact) mass is 666 g/mol. The smallest absolute Gasteiger partial charge is 0.0782 e. The lowest BCUT2D eigenvalue weighted by Gasteiger charge is -2.27. The van der Waals surface area contributed by atoms with Crippen LogP contribution in [-0.2, 0) is 0 Å². The zero-order chi connectivity index (χ0) is 33.5. The molecule has 0 N–H and O–H groups in total. The molecule has 0 spiro atoms. The lowest BCUT2D eigenvalue weighted by atomic mass is 10.0. The van der Waals surface area contributed by atoms with Gasteiger partial charge in [-0.1, -0.05) is 140 Å². The van der Waals surface area contributed by atoms with Gasteiger partial charge in [0, 0.05) is 53.1 Å². The van der Waals surface area contributed by atoms with E-state index >= 15 is 0 Å². The van der Waals surface area contributed by atoms with E-state index in [4.69, 9.17) is 0 Å². The molecule has 2 nitrogen and oxygen atoms in total. The second-order valence-corrected chi connectivity index (χ2v) is 14.4. The van der Waals surface area contributed by atoms with Gasteiger partial charge in [-0.05, 0) is 64.7 Å². The molecule has 0 saturated heterocycles. The van der Waals surface area contributed by atoms with Crippen molar-refractivity contribution >= 4 is 86.7 Å². The summed E-state index contributed by atoms with van der Waals surface area (Å²) in [5.74, 6) is 0. The van der Waals surface area contributed by atoms with Crippen molar-refractivity contribution in [1.82, 2.24) is 4.40 Å². The molecule has 0 bridgehead atoms. The van der Waals surface area contributed by atoms with E-state index in [9.17, 15) is 0 Å². The van der Waals surface area contributed by atoms with Crippen molar-refractivity contribution < 1.29 is 0 Å². The molecule has 0 aliphatic rings. The molecule has 238 valence electrons. The summed E-state index contributed by atoms with van der Waals surface area (Å²) >= 11 is 1.87. The van der Waals surface area contributed by atoms with Gasteiger partial charge in [0.15, 0.2) is 0 Å². The molecule has 0 amide bonds. The number of benzene rings is 8. The van der Waals surface area contributed by atoms with Crippen LogP contribution in [0.2, 0.25) is 0 Å². The van der Waals surface area contributed by atoms with Crippen LogP contribution in [0.1, 0.15) is 0 Å². The van der Waals surface area contributed by atoms with Crippen LogP contribution in [-0.4, -0.2) is 4.40 Å². The Morgan fingerprint density at radius 3 is 1.65 bits per heavy atom. The summed E-state index contributed by atoms with van der Waals surface area (Å²) in [6.45, 7) is 0. The van der Waals surface area contributed by atoms with Crippen molar-refractivity contribution in [3.05, 3.63) is 182 Å². The van der Waals surface area contributed by atoms with E-state index in [0.29, 0.717) is 0 Å². The van der Waals surface area contributed by atoms with Gasteiger partial charge >= 0.3 is 0 Å². The second-order valence-electron chi connectivity index (χ2n) is 13.3. The average Bonchev–Trinajstić information content (AvgIpc) is 3.86. The van der Waals surface area contributed by atoms with Crippen LogP contribution in [0.5, 0.6) is 0 Å². The maximum atomic E-state index is 2.50. The van der Waals surface area contributed by atoms with Crippen LogP contribution in [0.25, 0.3) is 80.5 Å². The summed E-state index contributed by atoms with van der Waals surface area (Å²) in [4.78, 5) is 2.46. The highest BCUT2D eigenvalue weighted by Gasteiger charge is 2.23. The normalized spacial score (nSPS) is 11.9. The number of rotatable bonds is 5. The summed E-state index contributed by atoms with van der Waals surface area (Å²) in [6, 6.07) is 66.6. The molecule has 3 aromatic heterocycles. The molecule has 8 aromatic carbocycles. The first-order valence-corrected chi connectivity index (χ1v) is 18.3. The van der Waals surface area contributed by atoms with Crippen molar-refractivity contribution in [1.29, 1.82) is 0 Å². The summed E-state index contributed by atoms with van der Waals surface area (Å²) in [5.41, 5.74) is 12.1. The fourth-order valence-corrected chi connectivity index (χ4v) is 9.39. The first-order valence-electron chi connectivity index (χ1n) is 17.4. The minimum atomic E-state index is 1.12. The number of hydrogen-bond acceptors (Lipinski definition) is 2. The number of thiophene rings is 1. The molecule has 51 heavy (non-hydrogen) atoms. The van der Waals surface area contributed by atoms with Crippen LogP contribution < -0.4 is 4.90 Å². The highest BCUT2D eigenvalue weighted by atomic mass is 32.1. The van der Waals surface area contributed by atoms with Crippen LogP contribution in [0.3, 0.4) is 0 Å². The van der Waals surface area contributed by atoms with E-state index in [-0.39, 0.29) is 0 Å². The van der Waals surface area contributed by atoms with Crippen molar-refractivity contribution in [2.75, 3.05) is 4.90 Å². The lowest BCUT2D eigenvalue weighted by molar-refractivity contribution is 1.27. The average molecular weight is 667 g/mol. The van der Waals surface area contributed by atoms with Gasteiger partial charge in [0.05, 0.1) is 22.2 Å². The Morgan fingerprint density at radius 2 is 0.882 bits per heavy atom. The van der Waals surface area contributed by atoms with Crippen molar-refractivity contribution in [3.63, 3.8) is 0 Å². The highest BCUT2D eigenvalue weighted by molar-refractivity contribution is 7.25. The second kappa shape index (κ2) is 11.0. The minimum Gasteiger partial charge on any atom is -0.308 e. The zero-order valence-corrected chi connectivity index (χ0v) is 28.4. The van der Waals surface area contributed by atoms with Gasteiger partial charge in [-0.3, -0.25) is 0 Å². The molecule has 0 radical (unpaired) electrons. The number of fused-ring (bicyclic) bond motifs is 9. The van der Waals surface area contributed by atoms with Crippen molar-refractivity contribution in [2.24, 2.45) is 0 Å². The van der Waals surface area contributed by atoms with Gasteiger partial charge in [-0.15, -0.1) is 11.3 Å². The Labute approximate surface area is 299 Å². The number of anilines is 3. The number of nitrogens with zero attached hydrogens (tertiary/aromatic N) is 2. The summed E-state index contributed by atoms with van der Waals surface area (Å²) in [7, 11) is 0. The quantitative estimate of drug-likeness (QED) is 0.177. The molecule has 3 heterocycles. The Balaban J connectivity index is 1.16. The summed E-state index contributed by atoms with van der Waals surface area (Å²) < 4.78 is 5.09. The van der Waals surface area contributed by atoms with E-state index in [0.717, 1.165) is 17.1 Å². The van der Waals surface area contributed by atoms with Crippen LogP contribution in [0, 0.1) is 0 Å². The molecule has 0 fully saturated rings. The van der Waals surface area contributed by atoms with Crippen molar-refractivity contribution in [3.8, 4) is 22.3 Å². The Morgan fingerprint density at radius 1 is 0.353 bits per heavy atom. The number of hydrogen-bond donors (Lipinski definition) is 0. The molecule has 11 aromatic rings. The van der Waals surface area contributed by atoms with Crippen LogP contribution in [0.15, 0.2) is 182 Å². The summed E-state index contributed by atoms with van der Waals surface area (Å²) in [5, 5.41) is 7.73. The summed E-state index contributed by atoms with van der Waals surface area (Å²) in [6.07, 6.45) is 0. The first-order chi connectivity index (χ1) is 25.3. The van der Waals surface area contributed by atoms with Gasteiger partial charge in [0.2, 0.25) is 0 Å². The Kier molecular flexibility index (Phi) is 6.16. The van der Waals surface area contributed by atoms with Crippen LogP contribution >= 0.6 is 11.3 Å². The van der Waals surface area contributed by atoms with E-state index in [2.05, 4.69) is 191 Å². The van der Waals surface area contributed by atoms with Gasteiger partial charge in [-0.25, -0.2) is 0 Å². The Hall–Kier alpha value is -6.42. The number of para-hydroxylation sites is 3. The molecule has 0 unspecified atom stereocenters. The minimum absolute atomic E-state index is 1.12. The molecule has 0 aliphatic carbocycles. The third-order valence-corrected chi connectivity index (χ3v) is 11.6. The van der Waals surface area contributed by atoms with Gasteiger partial charge in [0.1, 0.15) is 0 Å². The zero-order valence-electron chi connectivity index (χ0n) is 27.6. The molecule has 0 aliphatic heterocycles. The maximum absolute atomic E-state index is 2.50. The van der Waals surface area contributed by atoms with Gasteiger partial charge < -0.3 is 9.30 Å². The molecule has 0 atom stereocenters. The topological polar surface area (TPSA) is 7.65 Å². The third-order valence-electron chi connectivity index (χ3n) is 10.5. The first kappa shape index (κ1) is 28.4. The number of aromatic nitrogens is 1. The van der Waals surface area contributed by atoms with Crippen molar-refractivity contribution in [2.45, 2.75) is 0 Å². The Bertz CT molecular complexity index is 3060. The molecular formula is C48H30N2S. The van der Waals surface area contributed by atoms with Crippen LogP contribution in [0.4, 0.5) is 17.1 Å². The van der Waals surface area contributed by atoms with E-state index in [1.807, 2.05) is 11.3 Å². The standard InChI is InChI=1S/C48H30N2S/c1-3-11-31(12-4-1)33-21-24-35(25-22-33)49(36-26-28-39-38-27-23-34(32-13-5-2-6-14-32)29-45(38)51-46(39)30-36)44-20-10-18-42-41-17-9-16-40-37-15-7-8-19-43(37)50(47(40)41)48(42)44/h1-30H. The van der Waals surface area contributed by atoms with Gasteiger partial charge in [0.25, 0.3) is 0 Å². The largest absolute Gasteiger partial charge is 0.308 e. The predicted molar refractivity (Wildman–Crippen MR) is 220 cm³/mol. The SMILES string of the molecule is c1ccc(-c2ccc(N(c3ccc4c(c3)sc3cc(-c5ccccc5)ccc34)c3cccc4c5cccc6c7ccccc7n(c34)c65)cc2)cc1. The van der Waals surface area contributed by atoms with Gasteiger partial charge in [-0.2, -0.15) is 0 Å². The fourth-order valence-electron chi connectivity index (χ4n) is 8.21. The predicted octanol–water partition coefficient (Wildman–Crippen LogP) is 14.0. The molecule has 11 rings (SSSR count).